The van der Waals surface area contributed by atoms with Crippen molar-refractivity contribution in [2.24, 2.45) is 0 Å². The van der Waals surface area contributed by atoms with Gasteiger partial charge in [-0.1, -0.05) is 26.6 Å². The van der Waals surface area contributed by atoms with Crippen molar-refractivity contribution in [3.05, 3.63) is 0 Å². The van der Waals surface area contributed by atoms with Crippen molar-refractivity contribution in [2.75, 3.05) is 0 Å². The molecule has 0 aliphatic rings. The van der Waals surface area contributed by atoms with E-state index in [1.54, 1.807) is 6.92 Å². The molecule has 0 aliphatic carbocycles. The van der Waals surface area contributed by atoms with Crippen molar-refractivity contribution in [1.29, 1.82) is 0 Å². The summed E-state index contributed by atoms with van der Waals surface area (Å²) >= 11 is 5.67. The van der Waals surface area contributed by atoms with Gasteiger partial charge < -0.3 is 4.79 Å². The van der Waals surface area contributed by atoms with Crippen LogP contribution in [0.15, 0.2) is 0 Å². The van der Waals surface area contributed by atoms with Crippen LogP contribution in [0.2, 0.25) is 19.6 Å². The quantitative estimate of drug-likeness (QED) is 0.448. The highest BCUT2D eigenvalue weighted by Gasteiger charge is 2.04. The fraction of sp³-hybridized carbons (Fsp3) is 0.857. The van der Waals surface area contributed by atoms with E-state index in [2.05, 4.69) is 19.6 Å². The highest BCUT2D eigenvalue weighted by molar-refractivity contribution is 7.18. The molecule has 0 aromatic rings. The summed E-state index contributed by atoms with van der Waals surface area (Å²) in [4.78, 5) is 9.81. The van der Waals surface area contributed by atoms with Gasteiger partial charge in [0.25, 0.3) is 0 Å². The summed E-state index contributed by atoms with van der Waals surface area (Å²) in [6.45, 7) is 9.71. The van der Waals surface area contributed by atoms with E-state index in [-0.39, 0.29) is 5.78 Å². The second kappa shape index (κ2) is 5.92. The number of rotatable bonds is 1. The van der Waals surface area contributed by atoms with E-state index in [0.29, 0.717) is 6.42 Å². The lowest BCUT2D eigenvalue weighted by Crippen LogP contribution is -2.06. The largest absolute Gasteiger partial charge is 0.300 e. The first-order chi connectivity index (χ1) is 4.27. The van der Waals surface area contributed by atoms with Crippen LogP contribution in [0, 0.1) is 0 Å². The van der Waals surface area contributed by atoms with Gasteiger partial charge in [0.15, 0.2) is 0 Å². The molecule has 10 heavy (non-hydrogen) atoms. The number of ketones is 1. The van der Waals surface area contributed by atoms with Crippen molar-refractivity contribution in [2.45, 2.75) is 39.9 Å². The Labute approximate surface area is 69.5 Å². The summed E-state index contributed by atoms with van der Waals surface area (Å²) in [6.07, 6.45) is 0.667. The molecule has 0 saturated carbocycles. The third-order valence-electron chi connectivity index (χ3n) is 0.498. The predicted octanol–water partition coefficient (Wildman–Crippen LogP) is 3.05. The second-order valence-electron chi connectivity index (χ2n) is 3.12. The number of hydrogen-bond donors (Lipinski definition) is 0. The Balaban J connectivity index is 0. The smallest absolute Gasteiger partial charge is 0.147 e. The average molecular weight is 181 g/mol. The zero-order valence-corrected chi connectivity index (χ0v) is 9.25. The summed E-state index contributed by atoms with van der Waals surface area (Å²) in [5.41, 5.74) is 0. The summed E-state index contributed by atoms with van der Waals surface area (Å²) in [6, 6.07) is 0. The van der Waals surface area contributed by atoms with E-state index in [1.807, 2.05) is 6.92 Å². The molecule has 0 aliphatic heterocycles. The van der Waals surface area contributed by atoms with Crippen LogP contribution in [0.1, 0.15) is 20.3 Å². The van der Waals surface area contributed by atoms with Gasteiger partial charge in [-0.15, -0.1) is 0 Å². The van der Waals surface area contributed by atoms with E-state index in [0.717, 1.165) is 0 Å². The number of halogens is 1. The lowest BCUT2D eigenvalue weighted by atomic mass is 10.4. The third kappa shape index (κ3) is 88.9. The first-order valence-electron chi connectivity index (χ1n) is 3.45. The van der Waals surface area contributed by atoms with Crippen molar-refractivity contribution >= 4 is 24.2 Å². The van der Waals surface area contributed by atoms with Crippen LogP contribution in [-0.2, 0) is 4.79 Å². The van der Waals surface area contributed by atoms with Crippen molar-refractivity contribution in [3.63, 3.8) is 0 Å². The van der Waals surface area contributed by atoms with Gasteiger partial charge in [0.1, 0.15) is 13.2 Å². The lowest BCUT2D eigenvalue weighted by Gasteiger charge is -1.97. The van der Waals surface area contributed by atoms with Crippen molar-refractivity contribution in [1.82, 2.24) is 0 Å². The zero-order valence-electron chi connectivity index (χ0n) is 7.49. The van der Waals surface area contributed by atoms with E-state index in [4.69, 9.17) is 11.1 Å². The minimum Gasteiger partial charge on any atom is -0.300 e. The normalized spacial score (nSPS) is 9.80. The summed E-state index contributed by atoms with van der Waals surface area (Å²) < 4.78 is 0. The molecule has 62 valence electrons. The minimum absolute atomic E-state index is 0.255. The first kappa shape index (κ1) is 12.8. The van der Waals surface area contributed by atoms with E-state index in [9.17, 15) is 4.79 Å². The molecule has 0 aromatic carbocycles. The molecule has 0 atom stereocenters. The van der Waals surface area contributed by atoms with Crippen LogP contribution >= 0.6 is 11.1 Å². The Morgan fingerprint density at radius 2 is 1.50 bits per heavy atom. The van der Waals surface area contributed by atoms with Crippen LogP contribution in [0.25, 0.3) is 0 Å². The lowest BCUT2D eigenvalue weighted by molar-refractivity contribution is -0.116. The molecule has 0 radical (unpaired) electrons. The van der Waals surface area contributed by atoms with Gasteiger partial charge >= 0.3 is 0 Å². The molecule has 1 nitrogen and oxygen atoms in total. The summed E-state index contributed by atoms with van der Waals surface area (Å²) in [7, 11) is -1.14. The van der Waals surface area contributed by atoms with E-state index < -0.39 is 7.38 Å². The number of carbonyl (C=O) groups is 1. The standard InChI is InChI=1S/C4H8O.C3H9ClSi/c1-3-4(2)5;1-5(2,3)4/h3H2,1-2H3;1-3H3. The number of carbonyl (C=O) groups excluding carboxylic acids is 1. The van der Waals surface area contributed by atoms with Crippen LogP contribution in [0.5, 0.6) is 0 Å². The number of hydrogen-bond acceptors (Lipinski definition) is 1. The van der Waals surface area contributed by atoms with Gasteiger partial charge in [-0.05, 0) is 6.92 Å². The molecule has 0 saturated heterocycles. The molecular formula is C7H17ClOSi. The molecule has 0 bridgehead atoms. The van der Waals surface area contributed by atoms with E-state index in [1.165, 1.54) is 0 Å². The summed E-state index contributed by atoms with van der Waals surface area (Å²) in [5.74, 6) is 0.255. The Hall–Kier alpha value is 0.177. The van der Waals surface area contributed by atoms with Gasteiger partial charge in [0.05, 0.1) is 0 Å². The molecule has 0 amide bonds. The van der Waals surface area contributed by atoms with Crippen LogP contribution in [0.3, 0.4) is 0 Å². The average Bonchev–Trinajstić information content (AvgIpc) is 1.61. The predicted molar refractivity (Wildman–Crippen MR) is 50.2 cm³/mol. The highest BCUT2D eigenvalue weighted by atomic mass is 35.6. The first-order valence-corrected chi connectivity index (χ1v) is 7.97. The second-order valence-corrected chi connectivity index (χ2v) is 10.7. The molecule has 0 spiro atoms. The maximum absolute atomic E-state index is 9.81. The fourth-order valence-corrected chi connectivity index (χ4v) is 0. The molecule has 0 N–H and O–H groups in total. The molecular weight excluding hydrogens is 164 g/mol. The van der Waals surface area contributed by atoms with Gasteiger partial charge in [0, 0.05) is 6.42 Å². The molecule has 3 heteroatoms. The molecule has 0 heterocycles. The number of Topliss-reactive ketones (excluding diaryl/α,β-unsaturated/α-hetero) is 1. The molecule has 0 rings (SSSR count). The van der Waals surface area contributed by atoms with Crippen molar-refractivity contribution in [3.8, 4) is 0 Å². The zero-order chi connectivity index (χ0) is 8.78. The topological polar surface area (TPSA) is 17.1 Å². The Bertz CT molecular complexity index is 90.3. The van der Waals surface area contributed by atoms with Crippen LogP contribution in [-0.4, -0.2) is 13.2 Å². The summed E-state index contributed by atoms with van der Waals surface area (Å²) in [5, 5.41) is 0. The Kier molecular flexibility index (Phi) is 7.59. The molecule has 0 unspecified atom stereocenters. The monoisotopic (exact) mass is 180 g/mol. The SMILES string of the molecule is CCC(C)=O.C[Si](C)(C)Cl. The van der Waals surface area contributed by atoms with E-state index >= 15 is 0 Å². The molecule has 0 aromatic heterocycles. The van der Waals surface area contributed by atoms with Gasteiger partial charge in [-0.2, -0.15) is 11.1 Å². The van der Waals surface area contributed by atoms with Gasteiger partial charge in [0.2, 0.25) is 0 Å². The maximum Gasteiger partial charge on any atom is 0.147 e. The minimum atomic E-state index is -1.14. The fourth-order valence-electron chi connectivity index (χ4n) is 0. The van der Waals surface area contributed by atoms with Crippen molar-refractivity contribution < 1.29 is 4.79 Å². The van der Waals surface area contributed by atoms with Gasteiger partial charge in [-0.25, -0.2) is 0 Å². The maximum atomic E-state index is 9.81. The third-order valence-corrected chi connectivity index (χ3v) is 0.498. The van der Waals surface area contributed by atoms with Gasteiger partial charge in [-0.3, -0.25) is 0 Å². The van der Waals surface area contributed by atoms with Crippen LogP contribution in [0.4, 0.5) is 0 Å². The molecule has 0 fully saturated rings. The van der Waals surface area contributed by atoms with Crippen LogP contribution < -0.4 is 0 Å². The Morgan fingerprint density at radius 1 is 1.40 bits per heavy atom. The Morgan fingerprint density at radius 3 is 1.50 bits per heavy atom. The highest BCUT2D eigenvalue weighted by Crippen LogP contribution is 2.03.